The van der Waals surface area contributed by atoms with Crippen molar-refractivity contribution in [3.8, 4) is 5.75 Å². The fourth-order valence-corrected chi connectivity index (χ4v) is 3.59. The van der Waals surface area contributed by atoms with Crippen LogP contribution in [-0.2, 0) is 11.3 Å². The number of alkyl halides is 3. The Balaban J connectivity index is 2.27. The third-order valence-corrected chi connectivity index (χ3v) is 5.21. The van der Waals surface area contributed by atoms with E-state index in [4.69, 9.17) is 4.74 Å². The van der Waals surface area contributed by atoms with Crippen molar-refractivity contribution < 1.29 is 22.7 Å². The van der Waals surface area contributed by atoms with Gasteiger partial charge >= 0.3 is 12.1 Å². The zero-order valence-electron chi connectivity index (χ0n) is 18.0. The van der Waals surface area contributed by atoms with Crippen LogP contribution in [0.3, 0.4) is 0 Å². The first-order chi connectivity index (χ1) is 14.9. The predicted octanol–water partition coefficient (Wildman–Crippen LogP) is 5.54. The normalized spacial score (nSPS) is 13.5. The summed E-state index contributed by atoms with van der Waals surface area (Å²) in [4.78, 5) is 11.8. The standard InChI is InChI=1S/C24H31F3N2O2/c1-3-4-5-9-15-20(29-23(30)24(25,26)27)22(18-12-7-6-8-13-18)28-17-19-14-10-11-16-21(19)31-2/h6-8,10-14,16,20,22,28H,3-5,9,15,17H2,1-2H3,(H,29,30)/t20-,22+/m1/s1. The largest absolute Gasteiger partial charge is 0.496 e. The molecule has 31 heavy (non-hydrogen) atoms. The fourth-order valence-electron chi connectivity index (χ4n) is 3.59. The molecule has 4 nitrogen and oxygen atoms in total. The van der Waals surface area contributed by atoms with E-state index < -0.39 is 24.2 Å². The number of rotatable bonds is 12. The van der Waals surface area contributed by atoms with Crippen LogP contribution < -0.4 is 15.4 Å². The molecule has 0 aliphatic rings. The molecule has 2 N–H and O–H groups in total. The van der Waals surface area contributed by atoms with Gasteiger partial charge in [-0.1, -0.05) is 81.1 Å². The van der Waals surface area contributed by atoms with Gasteiger partial charge in [0.15, 0.2) is 0 Å². The molecule has 0 aliphatic carbocycles. The quantitative estimate of drug-likeness (QED) is 0.429. The van der Waals surface area contributed by atoms with Crippen molar-refractivity contribution in [2.24, 2.45) is 0 Å². The highest BCUT2D eigenvalue weighted by molar-refractivity contribution is 5.82. The van der Waals surface area contributed by atoms with Gasteiger partial charge in [-0.2, -0.15) is 13.2 Å². The topological polar surface area (TPSA) is 50.4 Å². The van der Waals surface area contributed by atoms with Gasteiger partial charge < -0.3 is 15.4 Å². The first kappa shape index (κ1) is 24.7. The maximum absolute atomic E-state index is 13.0. The molecule has 7 heteroatoms. The highest BCUT2D eigenvalue weighted by Crippen LogP contribution is 2.25. The molecule has 1 amide bonds. The summed E-state index contributed by atoms with van der Waals surface area (Å²) in [6, 6.07) is 15.5. The van der Waals surface area contributed by atoms with E-state index in [0.29, 0.717) is 18.7 Å². The number of nitrogens with one attached hydrogen (secondary N) is 2. The lowest BCUT2D eigenvalue weighted by Crippen LogP contribution is -2.49. The molecule has 0 saturated heterocycles. The van der Waals surface area contributed by atoms with E-state index in [0.717, 1.165) is 36.8 Å². The average Bonchev–Trinajstić information content (AvgIpc) is 2.76. The molecule has 170 valence electrons. The Bertz CT molecular complexity index is 797. The lowest BCUT2D eigenvalue weighted by Gasteiger charge is -2.30. The van der Waals surface area contributed by atoms with E-state index in [2.05, 4.69) is 17.6 Å². The minimum Gasteiger partial charge on any atom is -0.496 e. The van der Waals surface area contributed by atoms with E-state index in [1.807, 2.05) is 54.6 Å². The minimum absolute atomic E-state index is 0.386. The average molecular weight is 437 g/mol. The number of halogens is 3. The second-order valence-electron chi connectivity index (χ2n) is 7.51. The highest BCUT2D eigenvalue weighted by Gasteiger charge is 2.40. The maximum atomic E-state index is 13.0. The van der Waals surface area contributed by atoms with E-state index in [1.54, 1.807) is 7.11 Å². The molecule has 2 rings (SSSR count). The number of benzene rings is 2. The molecule has 0 spiro atoms. The molecular weight excluding hydrogens is 405 g/mol. The van der Waals surface area contributed by atoms with E-state index >= 15 is 0 Å². The summed E-state index contributed by atoms with van der Waals surface area (Å²) in [5.74, 6) is -1.21. The molecule has 2 atom stereocenters. The van der Waals surface area contributed by atoms with Crippen LogP contribution in [0.2, 0.25) is 0 Å². The summed E-state index contributed by atoms with van der Waals surface area (Å²) in [7, 11) is 1.58. The number of carbonyl (C=O) groups excluding carboxylic acids is 1. The van der Waals surface area contributed by atoms with Crippen LogP contribution in [0.25, 0.3) is 0 Å². The molecular formula is C24H31F3N2O2. The second-order valence-corrected chi connectivity index (χ2v) is 7.51. The van der Waals surface area contributed by atoms with Crippen LogP contribution in [0.5, 0.6) is 5.75 Å². The third kappa shape index (κ3) is 7.90. The second kappa shape index (κ2) is 12.3. The summed E-state index contributed by atoms with van der Waals surface area (Å²) in [6.45, 7) is 2.46. The van der Waals surface area contributed by atoms with Crippen molar-refractivity contribution in [3.63, 3.8) is 0 Å². The summed E-state index contributed by atoms with van der Waals surface area (Å²) in [6.07, 6.45) is -0.816. The number of amides is 1. The molecule has 0 unspecified atom stereocenters. The molecule has 0 bridgehead atoms. The van der Waals surface area contributed by atoms with Crippen molar-refractivity contribution >= 4 is 5.91 Å². The van der Waals surface area contributed by atoms with Crippen molar-refractivity contribution in [2.75, 3.05) is 7.11 Å². The van der Waals surface area contributed by atoms with Crippen LogP contribution in [-0.4, -0.2) is 25.2 Å². The van der Waals surface area contributed by atoms with Gasteiger partial charge in [0.2, 0.25) is 0 Å². The molecule has 2 aromatic carbocycles. The van der Waals surface area contributed by atoms with Crippen LogP contribution in [0.1, 0.15) is 56.2 Å². The first-order valence-corrected chi connectivity index (χ1v) is 10.6. The fraction of sp³-hybridized carbons (Fsp3) is 0.458. The SMILES string of the molecule is CCCCCC[C@@H](NC(=O)C(F)(F)F)[C@@H](NCc1ccccc1OC)c1ccccc1. The Labute approximate surface area is 182 Å². The molecule has 0 fully saturated rings. The van der Waals surface area contributed by atoms with Gasteiger partial charge in [0.05, 0.1) is 13.2 Å². The van der Waals surface area contributed by atoms with Crippen LogP contribution in [0, 0.1) is 0 Å². The van der Waals surface area contributed by atoms with Gasteiger partial charge in [0, 0.05) is 18.2 Å². The van der Waals surface area contributed by atoms with Gasteiger partial charge in [-0.05, 0) is 18.1 Å². The Morgan fingerprint density at radius 2 is 1.68 bits per heavy atom. The van der Waals surface area contributed by atoms with E-state index in [9.17, 15) is 18.0 Å². The van der Waals surface area contributed by atoms with Gasteiger partial charge in [-0.3, -0.25) is 4.79 Å². The summed E-state index contributed by atoms with van der Waals surface area (Å²) >= 11 is 0. The summed E-state index contributed by atoms with van der Waals surface area (Å²) in [5, 5.41) is 5.60. The number of carbonyl (C=O) groups is 1. The minimum atomic E-state index is -4.93. The van der Waals surface area contributed by atoms with Crippen molar-refractivity contribution in [1.82, 2.24) is 10.6 Å². The Kier molecular flexibility index (Phi) is 9.85. The number of methoxy groups -OCH3 is 1. The number of para-hydroxylation sites is 1. The monoisotopic (exact) mass is 436 g/mol. The zero-order chi connectivity index (χ0) is 22.7. The lowest BCUT2D eigenvalue weighted by atomic mass is 9.94. The lowest BCUT2D eigenvalue weighted by molar-refractivity contribution is -0.174. The maximum Gasteiger partial charge on any atom is 0.471 e. The van der Waals surface area contributed by atoms with E-state index in [1.165, 1.54) is 0 Å². The molecule has 0 radical (unpaired) electrons. The highest BCUT2D eigenvalue weighted by atomic mass is 19.4. The van der Waals surface area contributed by atoms with Gasteiger partial charge in [-0.15, -0.1) is 0 Å². The smallest absolute Gasteiger partial charge is 0.471 e. The molecule has 0 aromatic heterocycles. The summed E-state index contributed by atoms with van der Waals surface area (Å²) < 4.78 is 44.4. The Morgan fingerprint density at radius 1 is 1.00 bits per heavy atom. The van der Waals surface area contributed by atoms with Crippen LogP contribution in [0.4, 0.5) is 13.2 Å². The van der Waals surface area contributed by atoms with Crippen molar-refractivity contribution in [2.45, 2.75) is 63.8 Å². The molecule has 2 aromatic rings. The van der Waals surface area contributed by atoms with Crippen molar-refractivity contribution in [3.05, 3.63) is 65.7 Å². The van der Waals surface area contributed by atoms with Gasteiger partial charge in [0.25, 0.3) is 0 Å². The predicted molar refractivity (Wildman–Crippen MR) is 116 cm³/mol. The number of ether oxygens (including phenoxy) is 1. The third-order valence-electron chi connectivity index (χ3n) is 5.21. The Morgan fingerprint density at radius 3 is 2.32 bits per heavy atom. The zero-order valence-corrected chi connectivity index (χ0v) is 18.0. The van der Waals surface area contributed by atoms with Crippen LogP contribution >= 0.6 is 0 Å². The van der Waals surface area contributed by atoms with Gasteiger partial charge in [-0.25, -0.2) is 0 Å². The molecule has 0 heterocycles. The number of hydrogen-bond donors (Lipinski definition) is 2. The Hall–Kier alpha value is -2.54. The van der Waals surface area contributed by atoms with Gasteiger partial charge in [0.1, 0.15) is 5.75 Å². The molecule has 0 saturated carbocycles. The first-order valence-electron chi connectivity index (χ1n) is 10.6. The summed E-state index contributed by atoms with van der Waals surface area (Å²) in [5.41, 5.74) is 1.71. The van der Waals surface area contributed by atoms with E-state index in [-0.39, 0.29) is 0 Å². The van der Waals surface area contributed by atoms with Crippen molar-refractivity contribution in [1.29, 1.82) is 0 Å². The number of hydrogen-bond acceptors (Lipinski definition) is 3. The molecule has 0 aliphatic heterocycles. The van der Waals surface area contributed by atoms with Crippen LogP contribution in [0.15, 0.2) is 54.6 Å². The number of unbranched alkanes of at least 4 members (excludes halogenated alkanes) is 3.